The number of carbonyl (C=O) groups is 1. The number of halogens is 3. The molecule has 0 spiro atoms. The van der Waals surface area contributed by atoms with Gasteiger partial charge in [0.15, 0.2) is 11.0 Å². The highest BCUT2D eigenvalue weighted by Crippen LogP contribution is 2.34. The summed E-state index contributed by atoms with van der Waals surface area (Å²) in [6.45, 7) is 4.47. The molecule has 2 aliphatic rings. The van der Waals surface area contributed by atoms with Crippen molar-refractivity contribution >= 4 is 62.8 Å². The van der Waals surface area contributed by atoms with Gasteiger partial charge in [0.2, 0.25) is 5.91 Å². The zero-order valence-corrected chi connectivity index (χ0v) is 23.4. The molecule has 0 bridgehead atoms. The van der Waals surface area contributed by atoms with Crippen LogP contribution in [0, 0.1) is 13.8 Å². The minimum absolute atomic E-state index is 0.00561. The van der Waals surface area contributed by atoms with E-state index in [4.69, 9.17) is 4.99 Å². The summed E-state index contributed by atoms with van der Waals surface area (Å²) in [4.78, 5) is 30.1. The average Bonchev–Trinajstić information content (AvgIpc) is 3.31. The second-order valence-electron chi connectivity index (χ2n) is 9.79. The number of anilines is 2. The Balaban J connectivity index is 1.19. The van der Waals surface area contributed by atoms with E-state index < -0.39 is 6.36 Å². The van der Waals surface area contributed by atoms with Crippen LogP contribution in [-0.4, -0.2) is 41.1 Å². The summed E-state index contributed by atoms with van der Waals surface area (Å²) in [5.41, 5.74) is 5.26. The molecule has 1 amide bonds. The summed E-state index contributed by atoms with van der Waals surface area (Å²) in [5, 5.41) is 2.47. The van der Waals surface area contributed by atoms with Crippen LogP contribution in [0.15, 0.2) is 89.0 Å². The molecule has 1 saturated heterocycles. The van der Waals surface area contributed by atoms with Crippen LogP contribution in [0.1, 0.15) is 16.7 Å². The Labute approximate surface area is 244 Å². The number of ether oxygens (including phenoxy) is 1. The van der Waals surface area contributed by atoms with Gasteiger partial charge in [-0.15, -0.1) is 13.2 Å². The fourth-order valence-corrected chi connectivity index (χ4v) is 5.75. The highest BCUT2D eigenvalue weighted by atomic mass is 32.2. The lowest BCUT2D eigenvalue weighted by molar-refractivity contribution is -0.274. The average molecular weight is 588 g/mol. The molecule has 1 aromatic heterocycles. The number of carbonyl (C=O) groups excluding carboxylic acids is 1. The molecule has 0 aliphatic carbocycles. The number of aryl methyl sites for hydroxylation is 2. The summed E-state index contributed by atoms with van der Waals surface area (Å²) >= 11 is 1.40. The van der Waals surface area contributed by atoms with E-state index >= 15 is 0 Å². The van der Waals surface area contributed by atoms with E-state index in [0.717, 1.165) is 38.8 Å². The Hall–Kier alpha value is -4.64. The van der Waals surface area contributed by atoms with Crippen LogP contribution >= 0.6 is 11.8 Å². The molecule has 4 aromatic rings. The van der Waals surface area contributed by atoms with Crippen molar-refractivity contribution < 1.29 is 22.7 Å². The molecule has 42 heavy (non-hydrogen) atoms. The minimum atomic E-state index is -4.73. The molecule has 212 valence electrons. The van der Waals surface area contributed by atoms with Crippen molar-refractivity contribution in [2.45, 2.75) is 20.2 Å². The zero-order chi connectivity index (χ0) is 29.4. The van der Waals surface area contributed by atoms with Crippen molar-refractivity contribution in [2.75, 3.05) is 22.1 Å². The quantitative estimate of drug-likeness (QED) is 0.243. The van der Waals surface area contributed by atoms with Gasteiger partial charge in [0.05, 0.1) is 23.5 Å². The number of aliphatic imine (C=N–C) groups is 2. The van der Waals surface area contributed by atoms with Crippen molar-refractivity contribution in [3.05, 3.63) is 95.7 Å². The van der Waals surface area contributed by atoms with Crippen LogP contribution in [0.4, 0.5) is 30.4 Å². The molecule has 0 saturated carbocycles. The fraction of sp³-hybridized carbons (Fsp3) is 0.161. The van der Waals surface area contributed by atoms with Crippen molar-refractivity contribution in [1.82, 2.24) is 4.98 Å². The maximum Gasteiger partial charge on any atom is 0.573 e. The largest absolute Gasteiger partial charge is 0.573 e. The first kappa shape index (κ1) is 27.5. The number of amidine groups is 1. The van der Waals surface area contributed by atoms with Gasteiger partial charge in [-0.2, -0.15) is 0 Å². The van der Waals surface area contributed by atoms with Crippen LogP contribution in [0.25, 0.3) is 16.5 Å². The minimum Gasteiger partial charge on any atom is -0.406 e. The third-order valence-electron chi connectivity index (χ3n) is 6.86. The van der Waals surface area contributed by atoms with Crippen LogP contribution in [0.2, 0.25) is 0 Å². The van der Waals surface area contributed by atoms with Crippen molar-refractivity contribution in [3.63, 3.8) is 0 Å². The summed E-state index contributed by atoms with van der Waals surface area (Å²) in [7, 11) is 0. The number of hydrogen-bond donors (Lipinski definition) is 0. The summed E-state index contributed by atoms with van der Waals surface area (Å²) < 4.78 is 41.2. The van der Waals surface area contributed by atoms with E-state index in [9.17, 15) is 18.0 Å². The lowest BCUT2D eigenvalue weighted by Crippen LogP contribution is -2.30. The number of amides is 1. The van der Waals surface area contributed by atoms with Gasteiger partial charge in [-0.1, -0.05) is 42.1 Å². The number of thioether (sulfide) groups is 1. The van der Waals surface area contributed by atoms with Gasteiger partial charge in [-0.25, -0.2) is 15.0 Å². The van der Waals surface area contributed by atoms with E-state index in [1.54, 1.807) is 29.6 Å². The number of nitrogens with zero attached hydrogens (tertiary/aromatic N) is 5. The smallest absolute Gasteiger partial charge is 0.406 e. The fourth-order valence-electron chi connectivity index (χ4n) is 4.89. The number of para-hydroxylation sites is 1. The normalized spacial score (nSPS) is 16.5. The maximum absolute atomic E-state index is 12.8. The SMILES string of the molecule is Cc1cccc(C)c1N1C(=O)CSC1=Nc1cc2ccc(C3=CCN(c4ccc(OC(F)(F)F)cc4)C=N3)cc2cn1. The Morgan fingerprint density at radius 3 is 2.43 bits per heavy atom. The molecule has 0 radical (unpaired) electrons. The molecule has 11 heteroatoms. The molecule has 0 atom stereocenters. The van der Waals surface area contributed by atoms with Gasteiger partial charge >= 0.3 is 6.36 Å². The molecule has 0 unspecified atom stereocenters. The molecule has 3 aromatic carbocycles. The first-order valence-electron chi connectivity index (χ1n) is 13.0. The van der Waals surface area contributed by atoms with Crippen molar-refractivity contribution in [2.24, 2.45) is 9.98 Å². The molecule has 0 N–H and O–H groups in total. The van der Waals surface area contributed by atoms with Crippen LogP contribution in [-0.2, 0) is 4.79 Å². The molecule has 6 rings (SSSR count). The van der Waals surface area contributed by atoms with Gasteiger partial charge in [0.25, 0.3) is 0 Å². The van der Waals surface area contributed by atoms with E-state index in [1.165, 1.54) is 23.9 Å². The van der Waals surface area contributed by atoms with E-state index in [2.05, 4.69) is 14.7 Å². The lowest BCUT2D eigenvalue weighted by atomic mass is 10.1. The first-order chi connectivity index (χ1) is 20.1. The monoisotopic (exact) mass is 587 g/mol. The van der Waals surface area contributed by atoms with Gasteiger partial charge in [0.1, 0.15) is 5.75 Å². The molecular weight excluding hydrogens is 563 g/mol. The Bertz CT molecular complexity index is 1760. The number of fused-ring (bicyclic) bond motifs is 1. The number of benzene rings is 3. The summed E-state index contributed by atoms with van der Waals surface area (Å²) in [5.74, 6) is 0.564. The molecule has 2 aliphatic heterocycles. The summed E-state index contributed by atoms with van der Waals surface area (Å²) in [6, 6.07) is 19.4. The van der Waals surface area contributed by atoms with E-state index in [-0.39, 0.29) is 11.7 Å². The zero-order valence-electron chi connectivity index (χ0n) is 22.6. The molecule has 3 heterocycles. The van der Waals surface area contributed by atoms with Crippen LogP contribution in [0.5, 0.6) is 5.75 Å². The number of hydrogen-bond acceptors (Lipinski definition) is 7. The summed E-state index contributed by atoms with van der Waals surface area (Å²) in [6.07, 6.45) is 0.630. The maximum atomic E-state index is 12.8. The predicted octanol–water partition coefficient (Wildman–Crippen LogP) is 7.41. The Morgan fingerprint density at radius 1 is 0.976 bits per heavy atom. The topological polar surface area (TPSA) is 70.4 Å². The van der Waals surface area contributed by atoms with Gasteiger partial charge in [-0.3, -0.25) is 9.69 Å². The second-order valence-corrected chi connectivity index (χ2v) is 10.7. The lowest BCUT2D eigenvalue weighted by Gasteiger charge is -2.22. The second kappa shape index (κ2) is 11.0. The first-order valence-corrected chi connectivity index (χ1v) is 14.0. The predicted molar refractivity (Wildman–Crippen MR) is 162 cm³/mol. The Kier molecular flexibility index (Phi) is 7.19. The Morgan fingerprint density at radius 2 is 1.74 bits per heavy atom. The van der Waals surface area contributed by atoms with E-state index in [0.29, 0.717) is 29.0 Å². The van der Waals surface area contributed by atoms with Crippen LogP contribution < -0.4 is 14.5 Å². The number of pyridine rings is 1. The highest BCUT2D eigenvalue weighted by Gasteiger charge is 2.32. The van der Waals surface area contributed by atoms with E-state index in [1.807, 2.05) is 67.3 Å². The number of alkyl halides is 3. The van der Waals surface area contributed by atoms with Crippen molar-refractivity contribution in [1.29, 1.82) is 0 Å². The van der Waals surface area contributed by atoms with Crippen molar-refractivity contribution in [3.8, 4) is 5.75 Å². The molecule has 7 nitrogen and oxygen atoms in total. The molecular formula is C31H24F3N5O2S. The third kappa shape index (κ3) is 5.73. The van der Waals surface area contributed by atoms with Gasteiger partial charge < -0.3 is 9.64 Å². The van der Waals surface area contributed by atoms with Gasteiger partial charge in [-0.05, 0) is 72.8 Å². The third-order valence-corrected chi connectivity index (χ3v) is 7.78. The van der Waals surface area contributed by atoms with Gasteiger partial charge in [0, 0.05) is 29.4 Å². The molecule has 1 fully saturated rings. The standard InChI is InChI=1S/C31H24F3N5O2S/c1-19-4-3-5-20(2)29(19)39-28(40)17-42-30(39)37-27-15-21-6-7-22(14-23(21)16-35-27)26-12-13-38(18-36-26)24-8-10-25(11-9-24)41-31(32,33)34/h3-12,14-16,18H,13,17H2,1-2H3. The number of rotatable bonds is 5. The highest BCUT2D eigenvalue weighted by molar-refractivity contribution is 8.15. The number of aromatic nitrogens is 1. The van der Waals surface area contributed by atoms with Crippen LogP contribution in [0.3, 0.4) is 0 Å².